The number of hydrogen-bond donors (Lipinski definition) is 4. The van der Waals surface area contributed by atoms with E-state index in [0.717, 1.165) is 34.1 Å². The zero-order valence-electron chi connectivity index (χ0n) is 15.4. The van der Waals surface area contributed by atoms with Crippen LogP contribution in [-0.2, 0) is 6.54 Å². The molecule has 3 aromatic rings. The molecule has 6 N–H and O–H groups in total. The van der Waals surface area contributed by atoms with E-state index in [0.29, 0.717) is 5.65 Å². The van der Waals surface area contributed by atoms with Crippen LogP contribution < -0.4 is 5.32 Å². The van der Waals surface area contributed by atoms with Gasteiger partial charge in [0.25, 0.3) is 0 Å². The van der Waals surface area contributed by atoms with E-state index in [2.05, 4.69) is 10.4 Å². The van der Waals surface area contributed by atoms with Crippen LogP contribution >= 0.6 is 12.4 Å². The van der Waals surface area contributed by atoms with Crippen molar-refractivity contribution in [3.63, 3.8) is 0 Å². The number of hydrogen-bond acceptors (Lipinski definition) is 6. The lowest BCUT2D eigenvalue weighted by Gasteiger charge is -2.18. The van der Waals surface area contributed by atoms with Crippen molar-refractivity contribution in [2.24, 2.45) is 0 Å². The van der Waals surface area contributed by atoms with Gasteiger partial charge in [-0.15, -0.1) is 12.4 Å². The maximum Gasteiger partial charge on any atom is 0.160 e. The molecule has 0 amide bonds. The summed E-state index contributed by atoms with van der Waals surface area (Å²) >= 11 is 0. The molecule has 0 spiro atoms. The van der Waals surface area contributed by atoms with E-state index >= 15 is 0 Å². The van der Waals surface area contributed by atoms with Crippen LogP contribution in [0.5, 0.6) is 0 Å². The van der Waals surface area contributed by atoms with E-state index < -0.39 is 6.10 Å². The molecule has 0 aliphatic heterocycles. The van der Waals surface area contributed by atoms with Crippen molar-refractivity contribution in [3.05, 3.63) is 30.0 Å². The molecular weight excluding hydrogens is 372 g/mol. The molecule has 2 unspecified atom stereocenters. The summed E-state index contributed by atoms with van der Waals surface area (Å²) in [7, 11) is 0. The van der Waals surface area contributed by atoms with Gasteiger partial charge in [-0.05, 0) is 19.4 Å². The predicted octanol–water partition coefficient (Wildman–Crippen LogP) is 1.03. The summed E-state index contributed by atoms with van der Waals surface area (Å²) in [5.74, 6) is 0. The van der Waals surface area contributed by atoms with E-state index in [4.69, 9.17) is 10.1 Å². The topological polar surface area (TPSA) is 135 Å². The van der Waals surface area contributed by atoms with Crippen LogP contribution in [0.3, 0.4) is 0 Å². The lowest BCUT2D eigenvalue weighted by molar-refractivity contribution is 0.0791. The van der Waals surface area contributed by atoms with Crippen molar-refractivity contribution in [2.45, 2.75) is 39.0 Å². The molecule has 0 radical (unpaired) electrons. The minimum absolute atomic E-state index is 0. The van der Waals surface area contributed by atoms with Crippen LogP contribution in [0.4, 0.5) is 5.69 Å². The van der Waals surface area contributed by atoms with Crippen molar-refractivity contribution < 1.29 is 20.8 Å². The lowest BCUT2D eigenvalue weighted by atomic mass is 10.1. The summed E-state index contributed by atoms with van der Waals surface area (Å²) in [6, 6.07) is 7.73. The fourth-order valence-corrected chi connectivity index (χ4v) is 3.02. The molecular formula is C18H27ClN4O4. The monoisotopic (exact) mass is 398 g/mol. The number of nitrogens with one attached hydrogen (secondary N) is 1. The molecule has 0 saturated carbocycles. The Morgan fingerprint density at radius 3 is 2.52 bits per heavy atom. The van der Waals surface area contributed by atoms with Crippen molar-refractivity contribution in [3.8, 4) is 0 Å². The number of benzene rings is 1. The Labute approximate surface area is 163 Å². The molecule has 2 heterocycles. The Morgan fingerprint density at radius 2 is 1.89 bits per heavy atom. The fourth-order valence-electron chi connectivity index (χ4n) is 3.02. The van der Waals surface area contributed by atoms with Gasteiger partial charge in [-0.1, -0.05) is 25.1 Å². The minimum atomic E-state index is -0.895. The first kappa shape index (κ1) is 23.1. The van der Waals surface area contributed by atoms with Crippen LogP contribution in [0.2, 0.25) is 0 Å². The number of fused-ring (bicyclic) bond motifs is 2. The number of pyridine rings is 1. The number of para-hydroxylation sites is 1. The normalized spacial score (nSPS) is 13.1. The van der Waals surface area contributed by atoms with Gasteiger partial charge in [0.2, 0.25) is 0 Å². The third kappa shape index (κ3) is 4.48. The first-order chi connectivity index (χ1) is 12.1. The van der Waals surface area contributed by atoms with Crippen molar-refractivity contribution in [2.75, 3.05) is 18.5 Å². The highest BCUT2D eigenvalue weighted by Gasteiger charge is 2.19. The summed E-state index contributed by atoms with van der Waals surface area (Å²) in [6.07, 6.45) is -0.113. The molecule has 0 bridgehead atoms. The molecule has 9 heteroatoms. The molecule has 150 valence electrons. The highest BCUT2D eigenvalue weighted by atomic mass is 35.5. The lowest BCUT2D eigenvalue weighted by Crippen LogP contribution is -2.23. The highest BCUT2D eigenvalue weighted by molar-refractivity contribution is 6.07. The summed E-state index contributed by atoms with van der Waals surface area (Å²) in [6.45, 7) is 3.78. The van der Waals surface area contributed by atoms with E-state index in [1.807, 2.05) is 38.1 Å². The zero-order chi connectivity index (χ0) is 18.0. The van der Waals surface area contributed by atoms with Gasteiger partial charge in [0.05, 0.1) is 48.1 Å². The number of rotatable bonds is 7. The summed E-state index contributed by atoms with van der Waals surface area (Å²) in [4.78, 5) is 4.71. The Balaban J connectivity index is 0.00000182. The Hall–Kier alpha value is -1.97. The van der Waals surface area contributed by atoms with Crippen molar-refractivity contribution >= 4 is 40.0 Å². The zero-order valence-corrected chi connectivity index (χ0v) is 16.2. The largest absolute Gasteiger partial charge is 0.412 e. The van der Waals surface area contributed by atoms with Crippen molar-refractivity contribution in [1.82, 2.24) is 14.8 Å². The van der Waals surface area contributed by atoms with Gasteiger partial charge in [-0.3, -0.25) is 0 Å². The molecule has 0 aliphatic rings. The smallest absolute Gasteiger partial charge is 0.160 e. The standard InChI is InChI=1S/C18H24N4O3.ClH.H2O/c1-3-12(9-23)19-17-14-6-4-5-7-15(14)20-18-16(17)11(2)21-22(18)8-13(25)10-24;;/h4-7,12-13,23-25H,3,8-10H2,1-2H3,(H,19,20);1H;1H2. The molecule has 0 saturated heterocycles. The summed E-state index contributed by atoms with van der Waals surface area (Å²) < 4.78 is 1.63. The molecule has 0 aliphatic carbocycles. The van der Waals surface area contributed by atoms with Gasteiger partial charge < -0.3 is 26.1 Å². The minimum Gasteiger partial charge on any atom is -0.412 e. The second-order valence-corrected chi connectivity index (χ2v) is 6.24. The maximum atomic E-state index is 9.80. The van der Waals surface area contributed by atoms with E-state index in [1.165, 1.54) is 0 Å². The first-order valence-electron chi connectivity index (χ1n) is 8.51. The molecule has 2 atom stereocenters. The number of nitrogens with zero attached hydrogens (tertiary/aromatic N) is 3. The third-order valence-electron chi connectivity index (χ3n) is 4.41. The van der Waals surface area contributed by atoms with Crippen LogP contribution in [-0.4, -0.2) is 60.9 Å². The van der Waals surface area contributed by atoms with Gasteiger partial charge in [0, 0.05) is 11.4 Å². The Morgan fingerprint density at radius 1 is 1.19 bits per heavy atom. The maximum absolute atomic E-state index is 9.80. The van der Waals surface area contributed by atoms with Gasteiger partial charge >= 0.3 is 0 Å². The number of aryl methyl sites for hydroxylation is 1. The number of aromatic nitrogens is 3. The molecule has 2 aromatic heterocycles. The van der Waals surface area contributed by atoms with Gasteiger partial charge in [-0.2, -0.15) is 5.10 Å². The molecule has 0 fully saturated rings. The quantitative estimate of drug-likeness (QED) is 0.469. The van der Waals surface area contributed by atoms with E-state index in [-0.39, 0.29) is 43.7 Å². The van der Waals surface area contributed by atoms with Gasteiger partial charge in [-0.25, -0.2) is 9.67 Å². The van der Waals surface area contributed by atoms with Crippen LogP contribution in [0.25, 0.3) is 21.9 Å². The average Bonchev–Trinajstić information content (AvgIpc) is 2.94. The second-order valence-electron chi connectivity index (χ2n) is 6.24. The third-order valence-corrected chi connectivity index (χ3v) is 4.41. The SMILES string of the molecule is CCC(CO)Nc1c2ccccc2nc2c1c(C)nn2CC(O)CO.Cl.O. The fraction of sp³-hybridized carbons (Fsp3) is 0.444. The predicted molar refractivity (Wildman–Crippen MR) is 109 cm³/mol. The summed E-state index contributed by atoms with van der Waals surface area (Å²) in [5.41, 5.74) is 3.14. The highest BCUT2D eigenvalue weighted by Crippen LogP contribution is 2.33. The Kier molecular flexibility index (Phi) is 8.39. The number of aliphatic hydroxyl groups excluding tert-OH is 3. The molecule has 3 rings (SSSR count). The molecule has 8 nitrogen and oxygen atoms in total. The first-order valence-corrected chi connectivity index (χ1v) is 8.51. The Bertz CT molecular complexity index is 883. The van der Waals surface area contributed by atoms with Gasteiger partial charge in [0.1, 0.15) is 0 Å². The second kappa shape index (κ2) is 9.82. The molecule has 27 heavy (non-hydrogen) atoms. The number of anilines is 1. The van der Waals surface area contributed by atoms with Crippen LogP contribution in [0.1, 0.15) is 19.0 Å². The van der Waals surface area contributed by atoms with E-state index in [1.54, 1.807) is 4.68 Å². The number of halogens is 1. The molecule has 1 aromatic carbocycles. The average molecular weight is 399 g/mol. The van der Waals surface area contributed by atoms with E-state index in [9.17, 15) is 10.2 Å². The van der Waals surface area contributed by atoms with Crippen molar-refractivity contribution in [1.29, 1.82) is 0 Å². The number of aliphatic hydroxyl groups is 3. The summed E-state index contributed by atoms with van der Waals surface area (Å²) in [5, 5.41) is 38.3. The van der Waals surface area contributed by atoms with Crippen LogP contribution in [0, 0.1) is 6.92 Å². The van der Waals surface area contributed by atoms with Crippen LogP contribution in [0.15, 0.2) is 24.3 Å². The van der Waals surface area contributed by atoms with Gasteiger partial charge in [0.15, 0.2) is 5.65 Å².